The second kappa shape index (κ2) is 8.76. The number of hydrogen-bond acceptors (Lipinski definition) is 8. The minimum atomic E-state index is -1.34. The van der Waals surface area contributed by atoms with Gasteiger partial charge in [0.05, 0.1) is 18.9 Å². The molecule has 2 saturated heterocycles. The van der Waals surface area contributed by atoms with Crippen molar-refractivity contribution in [3.8, 4) is 0 Å². The van der Waals surface area contributed by atoms with Crippen molar-refractivity contribution in [2.45, 2.75) is 46.9 Å². The molecule has 1 unspecified atom stereocenters. The summed E-state index contributed by atoms with van der Waals surface area (Å²) in [5, 5.41) is 0.824. The Morgan fingerprint density at radius 3 is 2.77 bits per heavy atom. The van der Waals surface area contributed by atoms with E-state index in [1.807, 2.05) is 6.92 Å². The van der Waals surface area contributed by atoms with Crippen molar-refractivity contribution in [3.05, 3.63) is 29.4 Å². The second-order valence-electron chi connectivity index (χ2n) is 7.70. The van der Waals surface area contributed by atoms with E-state index in [-0.39, 0.29) is 22.6 Å². The van der Waals surface area contributed by atoms with Crippen LogP contribution in [-0.4, -0.2) is 57.6 Å². The predicted molar refractivity (Wildman–Crippen MR) is 115 cm³/mol. The van der Waals surface area contributed by atoms with Crippen LogP contribution >= 0.6 is 23.4 Å². The molecule has 162 valence electrons. The van der Waals surface area contributed by atoms with Gasteiger partial charge in [-0.25, -0.2) is 9.97 Å². The van der Waals surface area contributed by atoms with Gasteiger partial charge in [0.1, 0.15) is 16.3 Å². The number of nitrogens with two attached hydrogens (primary N) is 1. The molecule has 2 fully saturated rings. The van der Waals surface area contributed by atoms with E-state index < -0.39 is 17.1 Å². The van der Waals surface area contributed by atoms with Crippen LogP contribution in [0.1, 0.15) is 19.8 Å². The van der Waals surface area contributed by atoms with Crippen molar-refractivity contribution >= 4 is 40.4 Å². The van der Waals surface area contributed by atoms with Gasteiger partial charge in [0, 0.05) is 46.8 Å². The highest BCUT2D eigenvalue weighted by molar-refractivity contribution is 7.99. The molecule has 2 aromatic heterocycles. The van der Waals surface area contributed by atoms with E-state index in [1.54, 1.807) is 18.5 Å². The first-order valence-electron chi connectivity index (χ1n) is 9.61. The Hall–Kier alpha value is -1.17. The van der Waals surface area contributed by atoms with Crippen molar-refractivity contribution in [3.63, 3.8) is 0 Å². The summed E-state index contributed by atoms with van der Waals surface area (Å²) < 4.78 is 31.8. The minimum absolute atomic E-state index is 0.00711. The number of anilines is 1. The molecule has 2 N–H and O–H groups in total. The molecule has 0 aliphatic carbocycles. The molecule has 7 nitrogen and oxygen atoms in total. The molecule has 2 aromatic rings. The van der Waals surface area contributed by atoms with Crippen LogP contribution in [0, 0.1) is 11.4 Å². The van der Waals surface area contributed by atoms with E-state index in [4.69, 9.17) is 22.1 Å². The van der Waals surface area contributed by atoms with E-state index in [1.165, 1.54) is 6.20 Å². The van der Waals surface area contributed by atoms with E-state index in [9.17, 15) is 8.94 Å². The summed E-state index contributed by atoms with van der Waals surface area (Å²) in [5.74, 6) is -0.126. The lowest BCUT2D eigenvalue weighted by Gasteiger charge is -2.41. The van der Waals surface area contributed by atoms with Crippen LogP contribution in [0.2, 0.25) is 5.02 Å². The fraction of sp³-hybridized carbons (Fsp3) is 0.526. The zero-order valence-electron chi connectivity index (χ0n) is 16.7. The maximum atomic E-state index is 13.6. The Morgan fingerprint density at radius 1 is 1.40 bits per heavy atom. The van der Waals surface area contributed by atoms with Crippen molar-refractivity contribution in [1.29, 1.82) is 0 Å². The number of rotatable bonds is 4. The van der Waals surface area contributed by atoms with Crippen molar-refractivity contribution in [2.24, 2.45) is 11.1 Å². The van der Waals surface area contributed by atoms with Crippen LogP contribution in [0.25, 0.3) is 0 Å². The van der Waals surface area contributed by atoms with Crippen LogP contribution in [0.15, 0.2) is 33.4 Å². The highest BCUT2D eigenvalue weighted by Crippen LogP contribution is 2.42. The largest absolute Gasteiger partial charge is 0.610 e. The van der Waals surface area contributed by atoms with Gasteiger partial charge in [0.2, 0.25) is 11.8 Å². The molecule has 0 amide bonds. The molecule has 0 radical (unpaired) electrons. The predicted octanol–water partition coefficient (Wildman–Crippen LogP) is 2.89. The van der Waals surface area contributed by atoms with Crippen molar-refractivity contribution in [2.75, 3.05) is 30.9 Å². The van der Waals surface area contributed by atoms with Gasteiger partial charge in [-0.2, -0.15) is 9.37 Å². The topological polar surface area (TPSA) is 100 Å². The first kappa shape index (κ1) is 22.0. The summed E-state index contributed by atoms with van der Waals surface area (Å²) in [5.41, 5.74) is 6.39. The smallest absolute Gasteiger partial charge is 0.288 e. The van der Waals surface area contributed by atoms with Gasteiger partial charge in [-0.1, -0.05) is 23.4 Å². The Kier molecular flexibility index (Phi) is 6.43. The zero-order valence-corrected chi connectivity index (χ0v) is 19.1. The van der Waals surface area contributed by atoms with Gasteiger partial charge in [0.15, 0.2) is 0 Å². The number of hydrogen-bond donors (Lipinski definition) is 1. The Balaban J connectivity index is 1.54. The first-order chi connectivity index (χ1) is 14.3. The highest BCUT2D eigenvalue weighted by Gasteiger charge is 2.48. The third-order valence-corrected chi connectivity index (χ3v) is 8.16. The second-order valence-corrected chi connectivity index (χ2v) is 10.4. The van der Waals surface area contributed by atoms with Crippen molar-refractivity contribution < 1.29 is 13.7 Å². The molecule has 2 aliphatic rings. The molecule has 11 heteroatoms. The lowest BCUT2D eigenvalue weighted by atomic mass is 9.73. The number of aromatic nitrogens is 3. The molecule has 4 rings (SSSR count). The van der Waals surface area contributed by atoms with Gasteiger partial charge in [-0.05, 0) is 25.8 Å². The standard InChI is InChI=1S/C19H23ClFN5O2S2/c1-11-15(22)19(10-28-11)4-7-26(8-5-19)17-18(30(2)27)25-13(9-24-17)29-12-3-6-23-16(21)14(12)20/h3,6,9,11,15H,4-5,7-8,10,22H2,1-2H3/t11-,15+,30?/m0/s1. The van der Waals surface area contributed by atoms with Crippen LogP contribution in [0.4, 0.5) is 10.2 Å². The van der Waals surface area contributed by atoms with E-state index in [2.05, 4.69) is 19.9 Å². The summed E-state index contributed by atoms with van der Waals surface area (Å²) in [6.45, 7) is 4.19. The lowest BCUT2D eigenvalue weighted by molar-refractivity contribution is 0.0973. The van der Waals surface area contributed by atoms with E-state index in [0.717, 1.165) is 37.7 Å². The number of ether oxygens (including phenoxy) is 1. The quantitative estimate of drug-likeness (QED) is 0.536. The van der Waals surface area contributed by atoms with Gasteiger partial charge in [-0.3, -0.25) is 0 Å². The fourth-order valence-electron chi connectivity index (χ4n) is 4.04. The Morgan fingerprint density at radius 2 is 2.13 bits per heavy atom. The fourth-order valence-corrected chi connectivity index (χ4v) is 5.76. The zero-order chi connectivity index (χ0) is 21.5. The molecule has 0 bridgehead atoms. The van der Waals surface area contributed by atoms with Gasteiger partial charge in [0.25, 0.3) is 5.03 Å². The molecule has 3 atom stereocenters. The Labute approximate surface area is 187 Å². The lowest BCUT2D eigenvalue weighted by Crippen LogP contribution is -2.51. The molecule has 30 heavy (non-hydrogen) atoms. The van der Waals surface area contributed by atoms with Crippen LogP contribution in [0.5, 0.6) is 0 Å². The van der Waals surface area contributed by atoms with E-state index in [0.29, 0.717) is 27.4 Å². The third kappa shape index (κ3) is 4.13. The average molecular weight is 472 g/mol. The minimum Gasteiger partial charge on any atom is -0.610 e. The number of nitrogens with zero attached hydrogens (tertiary/aromatic N) is 4. The van der Waals surface area contributed by atoms with Crippen molar-refractivity contribution in [1.82, 2.24) is 15.0 Å². The van der Waals surface area contributed by atoms with Gasteiger partial charge >= 0.3 is 0 Å². The summed E-state index contributed by atoms with van der Waals surface area (Å²) in [6.07, 6.45) is 6.36. The highest BCUT2D eigenvalue weighted by atomic mass is 35.5. The molecule has 0 saturated carbocycles. The monoisotopic (exact) mass is 471 g/mol. The SMILES string of the molecule is C[C@@H]1OCC2(CCN(c3ncc(Sc4ccnc(F)c4Cl)nc3[S+](C)[O-])CC2)[C@@H]1N. The maximum Gasteiger partial charge on any atom is 0.288 e. The molecular formula is C19H23ClFN5O2S2. The summed E-state index contributed by atoms with van der Waals surface area (Å²) >= 11 is 5.80. The molecule has 0 aromatic carbocycles. The van der Waals surface area contributed by atoms with Crippen LogP contribution < -0.4 is 10.6 Å². The van der Waals surface area contributed by atoms with Crippen LogP contribution in [-0.2, 0) is 15.9 Å². The molecule has 2 aliphatic heterocycles. The van der Waals surface area contributed by atoms with E-state index >= 15 is 0 Å². The molecule has 4 heterocycles. The van der Waals surface area contributed by atoms with Crippen LogP contribution in [0.3, 0.4) is 0 Å². The Bertz CT molecular complexity index is 930. The third-order valence-electron chi connectivity index (χ3n) is 5.90. The van der Waals surface area contributed by atoms with Gasteiger partial charge in [-0.15, -0.1) is 0 Å². The maximum absolute atomic E-state index is 13.6. The summed E-state index contributed by atoms with van der Waals surface area (Å²) in [6, 6.07) is 1.63. The first-order valence-corrected chi connectivity index (χ1v) is 12.4. The van der Waals surface area contributed by atoms with Gasteiger partial charge < -0.3 is 19.9 Å². The normalized spacial score (nSPS) is 24.4. The summed E-state index contributed by atoms with van der Waals surface area (Å²) in [7, 11) is 0. The molecule has 1 spiro atoms. The average Bonchev–Trinajstić information content (AvgIpc) is 3.01. The number of pyridine rings is 1. The molecular weight excluding hydrogens is 449 g/mol. The number of piperidine rings is 1. The summed E-state index contributed by atoms with van der Waals surface area (Å²) in [4.78, 5) is 15.2. The number of halogens is 2.